The van der Waals surface area contributed by atoms with E-state index in [2.05, 4.69) is 85.3 Å². The van der Waals surface area contributed by atoms with Gasteiger partial charge in [-0.05, 0) is 47.2 Å². The molecule has 136 valence electrons. The van der Waals surface area contributed by atoms with Gasteiger partial charge in [0, 0.05) is 16.2 Å². The van der Waals surface area contributed by atoms with E-state index in [0.717, 1.165) is 5.52 Å². The van der Waals surface area contributed by atoms with Crippen LogP contribution >= 0.6 is 0 Å². The summed E-state index contributed by atoms with van der Waals surface area (Å²) in [5.74, 6) is 0.455. The molecule has 3 nitrogen and oxygen atoms in total. The van der Waals surface area contributed by atoms with E-state index < -0.39 is 0 Å². The van der Waals surface area contributed by atoms with Crippen molar-refractivity contribution in [3.05, 3.63) is 66.0 Å². The van der Waals surface area contributed by atoms with E-state index in [4.69, 9.17) is 4.98 Å². The van der Waals surface area contributed by atoms with Gasteiger partial charge in [0.2, 0.25) is 0 Å². The van der Waals surface area contributed by atoms with Gasteiger partial charge in [0.15, 0.2) is 5.52 Å². The Labute approximate surface area is 163 Å². The van der Waals surface area contributed by atoms with Crippen LogP contribution in [0.3, 0.4) is 0 Å². The monoisotopic (exact) mass is 364 g/mol. The minimum Gasteiger partial charge on any atom is -0.308 e. The molecule has 0 saturated heterocycles. The zero-order valence-electron chi connectivity index (χ0n) is 16.6. The SMILES string of the molecule is Cc1ccc2c3ccccc3n3c4cc(C(C)C)cc5nc[n+](C)c(c1c23)c54. The van der Waals surface area contributed by atoms with Crippen LogP contribution in [-0.4, -0.2) is 9.38 Å². The van der Waals surface area contributed by atoms with Crippen molar-refractivity contribution in [1.82, 2.24) is 9.38 Å². The molecule has 0 aliphatic carbocycles. The van der Waals surface area contributed by atoms with Crippen molar-refractivity contribution < 1.29 is 4.57 Å². The number of rotatable bonds is 1. The Morgan fingerprint density at radius 2 is 1.75 bits per heavy atom. The molecule has 0 N–H and O–H groups in total. The lowest BCUT2D eigenvalue weighted by Gasteiger charge is -2.15. The quantitative estimate of drug-likeness (QED) is 0.210. The van der Waals surface area contributed by atoms with E-state index in [1.54, 1.807) is 0 Å². The highest BCUT2D eigenvalue weighted by molar-refractivity contribution is 6.25. The first kappa shape index (κ1) is 15.8. The van der Waals surface area contributed by atoms with E-state index in [1.165, 1.54) is 54.7 Å². The second-order valence-electron chi connectivity index (χ2n) is 8.30. The van der Waals surface area contributed by atoms with Crippen molar-refractivity contribution >= 4 is 49.1 Å². The van der Waals surface area contributed by atoms with Crippen LogP contribution in [0.2, 0.25) is 0 Å². The molecular formula is C25H22N3+. The van der Waals surface area contributed by atoms with Crippen LogP contribution in [0, 0.1) is 6.92 Å². The number of aryl methyl sites for hydroxylation is 2. The van der Waals surface area contributed by atoms with Crippen LogP contribution < -0.4 is 4.57 Å². The predicted molar refractivity (Wildman–Crippen MR) is 116 cm³/mol. The summed E-state index contributed by atoms with van der Waals surface area (Å²) >= 11 is 0. The third-order valence-corrected chi connectivity index (χ3v) is 6.27. The van der Waals surface area contributed by atoms with Gasteiger partial charge in [-0.2, -0.15) is 0 Å². The molecule has 6 rings (SSSR count). The normalized spacial score (nSPS) is 12.6. The van der Waals surface area contributed by atoms with E-state index in [9.17, 15) is 0 Å². The van der Waals surface area contributed by atoms with Crippen LogP contribution in [0.5, 0.6) is 0 Å². The van der Waals surface area contributed by atoms with Crippen molar-refractivity contribution in [2.24, 2.45) is 7.05 Å². The molecular weight excluding hydrogens is 342 g/mol. The largest absolute Gasteiger partial charge is 0.308 e. The molecule has 0 amide bonds. The zero-order chi connectivity index (χ0) is 19.2. The molecule has 0 radical (unpaired) electrons. The summed E-state index contributed by atoms with van der Waals surface area (Å²) in [4.78, 5) is 4.81. The first-order valence-corrected chi connectivity index (χ1v) is 9.92. The second-order valence-corrected chi connectivity index (χ2v) is 8.30. The third-order valence-electron chi connectivity index (χ3n) is 6.27. The van der Waals surface area contributed by atoms with Crippen LogP contribution in [0.15, 0.2) is 54.9 Å². The maximum atomic E-state index is 4.81. The highest BCUT2D eigenvalue weighted by Crippen LogP contribution is 2.40. The molecule has 0 aliphatic heterocycles. The van der Waals surface area contributed by atoms with Gasteiger partial charge in [-0.25, -0.2) is 4.57 Å². The van der Waals surface area contributed by atoms with Crippen LogP contribution in [0.4, 0.5) is 0 Å². The summed E-state index contributed by atoms with van der Waals surface area (Å²) in [6.07, 6.45) is 1.96. The number of nitrogens with zero attached hydrogens (tertiary/aromatic N) is 3. The van der Waals surface area contributed by atoms with Crippen molar-refractivity contribution in [2.45, 2.75) is 26.7 Å². The fourth-order valence-corrected chi connectivity index (χ4v) is 4.88. The van der Waals surface area contributed by atoms with Gasteiger partial charge in [0.1, 0.15) is 5.52 Å². The van der Waals surface area contributed by atoms with Gasteiger partial charge in [0.05, 0.1) is 29.0 Å². The van der Waals surface area contributed by atoms with Crippen LogP contribution in [0.25, 0.3) is 49.1 Å². The summed E-state index contributed by atoms with van der Waals surface area (Å²) in [7, 11) is 2.11. The molecule has 0 atom stereocenters. The molecule has 3 heterocycles. The molecule has 0 aliphatic rings. The zero-order valence-corrected chi connectivity index (χ0v) is 16.6. The number of benzene rings is 3. The summed E-state index contributed by atoms with van der Waals surface area (Å²) in [5, 5.41) is 5.21. The first-order chi connectivity index (χ1) is 13.6. The van der Waals surface area contributed by atoms with E-state index in [-0.39, 0.29) is 0 Å². The summed E-state index contributed by atoms with van der Waals surface area (Å²) in [6, 6.07) is 17.9. The lowest BCUT2D eigenvalue weighted by atomic mass is 9.97. The van der Waals surface area contributed by atoms with E-state index in [0.29, 0.717) is 5.92 Å². The molecule has 0 spiro atoms. The number of aromatic nitrogens is 3. The summed E-state index contributed by atoms with van der Waals surface area (Å²) < 4.78 is 4.65. The van der Waals surface area contributed by atoms with Gasteiger partial charge in [0.25, 0.3) is 6.33 Å². The highest BCUT2D eigenvalue weighted by atomic mass is 15.0. The number of fused-ring (bicyclic) bond motifs is 5. The lowest BCUT2D eigenvalue weighted by molar-refractivity contribution is -0.646. The van der Waals surface area contributed by atoms with Crippen molar-refractivity contribution in [3.63, 3.8) is 0 Å². The molecule has 0 bridgehead atoms. The van der Waals surface area contributed by atoms with Gasteiger partial charge in [-0.15, -0.1) is 0 Å². The maximum absolute atomic E-state index is 4.81. The molecule has 0 saturated carbocycles. The minimum atomic E-state index is 0.455. The smallest absolute Gasteiger partial charge is 0.287 e. The number of pyridine rings is 1. The number of hydrogen-bond acceptors (Lipinski definition) is 1. The van der Waals surface area contributed by atoms with Crippen molar-refractivity contribution in [1.29, 1.82) is 0 Å². The topological polar surface area (TPSA) is 21.2 Å². The van der Waals surface area contributed by atoms with E-state index >= 15 is 0 Å². The van der Waals surface area contributed by atoms with Crippen LogP contribution in [-0.2, 0) is 7.05 Å². The van der Waals surface area contributed by atoms with Gasteiger partial charge >= 0.3 is 0 Å². The van der Waals surface area contributed by atoms with Crippen LogP contribution in [0.1, 0.15) is 30.9 Å². The lowest BCUT2D eigenvalue weighted by Crippen LogP contribution is -2.30. The van der Waals surface area contributed by atoms with E-state index in [1.807, 2.05) is 6.33 Å². The Hall–Kier alpha value is -3.20. The fraction of sp³-hybridized carbons (Fsp3) is 0.200. The van der Waals surface area contributed by atoms with Gasteiger partial charge in [-0.1, -0.05) is 44.2 Å². The van der Waals surface area contributed by atoms with Gasteiger partial charge < -0.3 is 4.40 Å². The Balaban J connectivity index is 2.10. The molecule has 3 aromatic carbocycles. The molecule has 3 heteroatoms. The average Bonchev–Trinajstić information content (AvgIpc) is 3.03. The fourth-order valence-electron chi connectivity index (χ4n) is 4.88. The number of hydrogen-bond donors (Lipinski definition) is 0. The van der Waals surface area contributed by atoms with Crippen molar-refractivity contribution in [2.75, 3.05) is 0 Å². The maximum Gasteiger partial charge on any atom is 0.287 e. The third kappa shape index (κ3) is 1.79. The summed E-state index contributed by atoms with van der Waals surface area (Å²) in [5.41, 5.74) is 8.82. The van der Waals surface area contributed by atoms with Gasteiger partial charge in [-0.3, -0.25) is 0 Å². The Morgan fingerprint density at radius 3 is 2.57 bits per heavy atom. The van der Waals surface area contributed by atoms with Crippen molar-refractivity contribution in [3.8, 4) is 0 Å². The summed E-state index contributed by atoms with van der Waals surface area (Å²) in [6.45, 7) is 6.72. The number of para-hydroxylation sites is 1. The Morgan fingerprint density at radius 1 is 0.929 bits per heavy atom. The molecule has 0 fully saturated rings. The molecule has 0 unspecified atom stereocenters. The second kappa shape index (κ2) is 5.20. The average molecular weight is 364 g/mol. The molecule has 28 heavy (non-hydrogen) atoms. The predicted octanol–water partition coefficient (Wildman–Crippen LogP) is 5.64. The minimum absolute atomic E-state index is 0.455. The standard InChI is InChI=1S/C25H22N3/c1-14(2)16-11-19-23-21(12-16)28-20-8-6-5-7-17(20)18-10-9-15(3)22(24(18)28)25(23)27(4)13-26-19/h5-14H,1-4H3/q+1. The first-order valence-electron chi connectivity index (χ1n) is 9.92. The Bertz CT molecular complexity index is 1550. The highest BCUT2D eigenvalue weighted by Gasteiger charge is 2.24. The molecule has 3 aromatic heterocycles. The Kier molecular flexibility index (Phi) is 2.94. The molecule has 6 aromatic rings.